The van der Waals surface area contributed by atoms with Gasteiger partial charge in [-0.1, -0.05) is 68.6 Å². The lowest BCUT2D eigenvalue weighted by Gasteiger charge is -2.14. The molecule has 0 aliphatic carbocycles. The molecule has 0 fully saturated rings. The number of phenols is 1. The number of nitrogens with one attached hydrogen (secondary N) is 1. The van der Waals surface area contributed by atoms with E-state index in [9.17, 15) is 9.90 Å². The molecule has 2 N–H and O–H groups in total. The second-order valence-electron chi connectivity index (χ2n) is 7.59. The number of carbonyl (C=O) groups is 1. The number of amides is 1. The largest absolute Gasteiger partial charge is 0.507 e. The Hall–Kier alpha value is -2.52. The van der Waals surface area contributed by atoms with Gasteiger partial charge in [0, 0.05) is 20.2 Å². The number of anilines is 1. The molecule has 0 unspecified atom stereocenters. The lowest BCUT2D eigenvalue weighted by molar-refractivity contribution is -0.113. The minimum absolute atomic E-state index is 0.0775. The van der Waals surface area contributed by atoms with E-state index in [1.165, 1.54) is 11.8 Å². The highest BCUT2D eigenvalue weighted by molar-refractivity contribution is 9.10. The van der Waals surface area contributed by atoms with Crippen molar-refractivity contribution in [2.24, 2.45) is 0 Å². The summed E-state index contributed by atoms with van der Waals surface area (Å²) in [5.74, 6) is 0.381. The smallest absolute Gasteiger partial charge is 0.234 e. The molecule has 0 radical (unpaired) electrons. The Labute approximate surface area is 219 Å². The topological polar surface area (TPSA) is 80.0 Å². The van der Waals surface area contributed by atoms with Crippen LogP contribution in [-0.4, -0.2) is 31.5 Å². The number of aryl methyl sites for hydroxylation is 2. The number of carbonyl (C=O) groups excluding carboxylic acids is 1. The fourth-order valence-corrected chi connectivity index (χ4v) is 5.08. The first-order chi connectivity index (χ1) is 16.2. The average Bonchev–Trinajstić information content (AvgIpc) is 3.16. The molecule has 0 spiro atoms. The van der Waals surface area contributed by atoms with E-state index in [4.69, 9.17) is 23.2 Å². The molecule has 1 aromatic heterocycles. The van der Waals surface area contributed by atoms with Gasteiger partial charge in [0.15, 0.2) is 11.0 Å². The molecular weight excluding hydrogens is 559 g/mol. The number of aromatic hydroxyl groups is 1. The van der Waals surface area contributed by atoms with Crippen molar-refractivity contribution in [1.82, 2.24) is 14.8 Å². The zero-order chi connectivity index (χ0) is 24.4. The van der Waals surface area contributed by atoms with Gasteiger partial charge in [-0.15, -0.1) is 10.2 Å². The van der Waals surface area contributed by atoms with Crippen molar-refractivity contribution in [3.8, 4) is 22.8 Å². The van der Waals surface area contributed by atoms with Crippen LogP contribution in [0.25, 0.3) is 17.1 Å². The van der Waals surface area contributed by atoms with E-state index in [2.05, 4.69) is 37.5 Å². The van der Waals surface area contributed by atoms with E-state index in [0.29, 0.717) is 32.3 Å². The Bertz CT molecular complexity index is 1370. The fraction of sp³-hybridized carbons (Fsp3) is 0.125. The van der Waals surface area contributed by atoms with E-state index in [0.717, 1.165) is 21.3 Å². The summed E-state index contributed by atoms with van der Waals surface area (Å²) in [5, 5.41) is 23.4. The van der Waals surface area contributed by atoms with Crippen molar-refractivity contribution < 1.29 is 9.90 Å². The number of aromatic nitrogens is 3. The summed E-state index contributed by atoms with van der Waals surface area (Å²) >= 11 is 16.7. The monoisotopic (exact) mass is 576 g/mol. The second kappa shape index (κ2) is 10.4. The Morgan fingerprint density at radius 1 is 1.06 bits per heavy atom. The van der Waals surface area contributed by atoms with Crippen molar-refractivity contribution in [3.05, 3.63) is 80.2 Å². The molecule has 4 aromatic rings. The van der Waals surface area contributed by atoms with Gasteiger partial charge in [0.1, 0.15) is 5.75 Å². The normalized spacial score (nSPS) is 11.0. The van der Waals surface area contributed by atoms with Crippen molar-refractivity contribution in [2.45, 2.75) is 19.0 Å². The van der Waals surface area contributed by atoms with Crippen LogP contribution in [0.1, 0.15) is 11.1 Å². The number of thioether (sulfide) groups is 1. The first-order valence-electron chi connectivity index (χ1n) is 10.1. The van der Waals surface area contributed by atoms with E-state index in [1.807, 2.05) is 30.5 Å². The van der Waals surface area contributed by atoms with Crippen LogP contribution in [0.5, 0.6) is 5.75 Å². The summed E-state index contributed by atoms with van der Waals surface area (Å²) in [6, 6.07) is 16.0. The maximum atomic E-state index is 12.6. The van der Waals surface area contributed by atoms with Crippen LogP contribution >= 0.6 is 50.9 Å². The molecule has 0 saturated heterocycles. The lowest BCUT2D eigenvalue weighted by atomic mass is 10.1. The fourth-order valence-electron chi connectivity index (χ4n) is 3.45. The number of hydrogen-bond donors (Lipinski definition) is 2. The Morgan fingerprint density at radius 2 is 1.79 bits per heavy atom. The molecule has 10 heteroatoms. The molecule has 4 rings (SSSR count). The highest BCUT2D eigenvalue weighted by atomic mass is 79.9. The lowest BCUT2D eigenvalue weighted by Crippen LogP contribution is -2.14. The third kappa shape index (κ3) is 5.58. The summed E-state index contributed by atoms with van der Waals surface area (Å²) in [7, 11) is 0. The number of benzene rings is 3. The van der Waals surface area contributed by atoms with E-state index < -0.39 is 0 Å². The van der Waals surface area contributed by atoms with Crippen LogP contribution in [0.3, 0.4) is 0 Å². The van der Waals surface area contributed by atoms with Gasteiger partial charge in [-0.3, -0.25) is 9.36 Å². The predicted octanol–water partition coefficient (Wildman–Crippen LogP) is 7.06. The predicted molar refractivity (Wildman–Crippen MR) is 141 cm³/mol. The summed E-state index contributed by atoms with van der Waals surface area (Å²) in [4.78, 5) is 12.6. The van der Waals surface area contributed by atoms with Crippen LogP contribution in [0, 0.1) is 13.8 Å². The molecule has 0 bridgehead atoms. The Balaban J connectivity index is 1.68. The Kier molecular flexibility index (Phi) is 7.52. The van der Waals surface area contributed by atoms with Gasteiger partial charge in [0.2, 0.25) is 5.91 Å². The number of halogens is 3. The van der Waals surface area contributed by atoms with Crippen LogP contribution < -0.4 is 5.32 Å². The molecule has 3 aromatic carbocycles. The van der Waals surface area contributed by atoms with Gasteiger partial charge in [-0.25, -0.2) is 0 Å². The van der Waals surface area contributed by atoms with E-state index in [1.54, 1.807) is 36.4 Å². The standard InChI is InChI=1S/C24H19BrCl2N4O2S/c1-13-3-5-20(14(2)7-13)31-23(19-8-15(25)4-6-21(19)32)29-30-24(31)34-12-22(33)28-18-10-16(26)9-17(27)11-18/h3-11,32H,12H2,1-2H3,(H,28,33). The number of hydrogen-bond acceptors (Lipinski definition) is 5. The van der Waals surface area contributed by atoms with Crippen LogP contribution in [0.2, 0.25) is 10.0 Å². The highest BCUT2D eigenvalue weighted by Gasteiger charge is 2.21. The van der Waals surface area contributed by atoms with E-state index >= 15 is 0 Å². The van der Waals surface area contributed by atoms with Gasteiger partial charge < -0.3 is 10.4 Å². The van der Waals surface area contributed by atoms with Gasteiger partial charge in [0.25, 0.3) is 0 Å². The zero-order valence-corrected chi connectivity index (χ0v) is 22.1. The molecule has 0 aliphatic rings. The summed E-state index contributed by atoms with van der Waals surface area (Å²) in [6.45, 7) is 4.02. The summed E-state index contributed by atoms with van der Waals surface area (Å²) in [5.41, 5.74) is 4.02. The molecule has 0 atom stereocenters. The minimum atomic E-state index is -0.245. The first kappa shape index (κ1) is 24.6. The molecule has 34 heavy (non-hydrogen) atoms. The minimum Gasteiger partial charge on any atom is -0.507 e. The highest BCUT2D eigenvalue weighted by Crippen LogP contribution is 2.35. The third-order valence-corrected chi connectivity index (χ3v) is 6.76. The van der Waals surface area contributed by atoms with Crippen molar-refractivity contribution >= 4 is 62.5 Å². The third-order valence-electron chi connectivity index (χ3n) is 4.90. The van der Waals surface area contributed by atoms with Crippen molar-refractivity contribution in [3.63, 3.8) is 0 Å². The molecule has 1 amide bonds. The van der Waals surface area contributed by atoms with Crippen LogP contribution in [0.15, 0.2) is 64.2 Å². The Morgan fingerprint density at radius 3 is 2.50 bits per heavy atom. The summed E-state index contributed by atoms with van der Waals surface area (Å²) in [6.07, 6.45) is 0. The van der Waals surface area contributed by atoms with Gasteiger partial charge >= 0.3 is 0 Å². The molecule has 1 heterocycles. The summed E-state index contributed by atoms with van der Waals surface area (Å²) < 4.78 is 2.65. The second-order valence-corrected chi connectivity index (χ2v) is 10.3. The average molecular weight is 578 g/mol. The van der Waals surface area contributed by atoms with Crippen molar-refractivity contribution in [2.75, 3.05) is 11.1 Å². The molecule has 174 valence electrons. The molecule has 6 nitrogen and oxygen atoms in total. The maximum absolute atomic E-state index is 12.6. The number of nitrogens with zero attached hydrogens (tertiary/aromatic N) is 3. The van der Waals surface area contributed by atoms with Gasteiger partial charge in [-0.2, -0.15) is 0 Å². The maximum Gasteiger partial charge on any atom is 0.234 e. The van der Waals surface area contributed by atoms with Gasteiger partial charge in [0.05, 0.1) is 17.0 Å². The van der Waals surface area contributed by atoms with Crippen molar-refractivity contribution in [1.29, 1.82) is 0 Å². The quantitative estimate of drug-likeness (QED) is 0.240. The zero-order valence-electron chi connectivity index (χ0n) is 18.1. The molecule has 0 aliphatic heterocycles. The first-order valence-corrected chi connectivity index (χ1v) is 12.7. The van der Waals surface area contributed by atoms with Gasteiger partial charge in [-0.05, 0) is 61.9 Å². The number of phenolic OH excluding ortho intramolecular Hbond substituents is 1. The van der Waals surface area contributed by atoms with E-state index in [-0.39, 0.29) is 17.4 Å². The van der Waals surface area contributed by atoms with Crippen LogP contribution in [0.4, 0.5) is 5.69 Å². The molecule has 0 saturated carbocycles. The number of rotatable bonds is 6. The SMILES string of the molecule is Cc1ccc(-n2c(SCC(=O)Nc3cc(Cl)cc(Cl)c3)nnc2-c2cc(Br)ccc2O)c(C)c1. The van der Waals surface area contributed by atoms with Crippen LogP contribution in [-0.2, 0) is 4.79 Å². The molecular formula is C24H19BrCl2N4O2S.